The first-order chi connectivity index (χ1) is 12.5. The second-order valence-electron chi connectivity index (χ2n) is 7.18. The standard InChI is InChI=1S/C12H16O2.C10H12O2.H2/c1-9(2)10-4-5-11-12(8-10)14-7-3-6-13-11;1-7(2)8-3-4-9-10(5-8)12-6-11-9;/h4-5,8-9H,3,6-7H2,1-2H3;3-5,7H,6H2,1-2H3;1H. The molecule has 2 aromatic carbocycles. The van der Waals surface area contributed by atoms with Gasteiger partial charge in [0.05, 0.1) is 13.2 Å². The largest absolute Gasteiger partial charge is 0.490 e. The summed E-state index contributed by atoms with van der Waals surface area (Å²) < 4.78 is 21.7. The minimum Gasteiger partial charge on any atom is -0.490 e. The summed E-state index contributed by atoms with van der Waals surface area (Å²) in [4.78, 5) is 0. The van der Waals surface area contributed by atoms with E-state index in [1.165, 1.54) is 11.1 Å². The fraction of sp³-hybridized carbons (Fsp3) is 0.455. The van der Waals surface area contributed by atoms with Gasteiger partial charge in [-0.25, -0.2) is 0 Å². The van der Waals surface area contributed by atoms with E-state index in [0.717, 1.165) is 42.6 Å². The summed E-state index contributed by atoms with van der Waals surface area (Å²) in [5.74, 6) is 4.59. The molecule has 2 aromatic rings. The molecule has 0 atom stereocenters. The highest BCUT2D eigenvalue weighted by Crippen LogP contribution is 2.34. The normalized spacial score (nSPS) is 14.7. The van der Waals surface area contributed by atoms with Crippen LogP contribution in [0.4, 0.5) is 0 Å². The number of hydrogen-bond acceptors (Lipinski definition) is 4. The van der Waals surface area contributed by atoms with Crippen molar-refractivity contribution in [3.63, 3.8) is 0 Å². The minimum atomic E-state index is 0. The first-order valence-corrected chi connectivity index (χ1v) is 9.33. The van der Waals surface area contributed by atoms with E-state index >= 15 is 0 Å². The van der Waals surface area contributed by atoms with Crippen LogP contribution in [0.15, 0.2) is 36.4 Å². The molecule has 0 radical (unpaired) electrons. The fourth-order valence-corrected chi connectivity index (χ4v) is 2.81. The lowest BCUT2D eigenvalue weighted by Gasteiger charge is -2.10. The van der Waals surface area contributed by atoms with E-state index in [9.17, 15) is 0 Å². The highest BCUT2D eigenvalue weighted by Gasteiger charge is 2.14. The zero-order valence-corrected chi connectivity index (χ0v) is 16.1. The average molecular weight is 358 g/mol. The van der Waals surface area contributed by atoms with E-state index in [0.29, 0.717) is 18.6 Å². The van der Waals surface area contributed by atoms with Gasteiger partial charge >= 0.3 is 0 Å². The predicted octanol–water partition coefficient (Wildman–Crippen LogP) is 5.76. The fourth-order valence-electron chi connectivity index (χ4n) is 2.81. The summed E-state index contributed by atoms with van der Waals surface area (Å²) in [6, 6.07) is 12.3. The zero-order chi connectivity index (χ0) is 18.5. The smallest absolute Gasteiger partial charge is 0.231 e. The lowest BCUT2D eigenvalue weighted by atomic mass is 10.0. The lowest BCUT2D eigenvalue weighted by Crippen LogP contribution is -1.97. The molecular formula is C22H30O4. The summed E-state index contributed by atoms with van der Waals surface area (Å²) in [5, 5.41) is 0. The Morgan fingerprint density at radius 3 is 1.69 bits per heavy atom. The van der Waals surface area contributed by atoms with Crippen molar-refractivity contribution in [2.24, 2.45) is 0 Å². The van der Waals surface area contributed by atoms with Crippen LogP contribution in [0, 0.1) is 0 Å². The number of ether oxygens (including phenoxy) is 4. The predicted molar refractivity (Wildman–Crippen MR) is 105 cm³/mol. The van der Waals surface area contributed by atoms with Gasteiger partial charge in [-0.15, -0.1) is 0 Å². The van der Waals surface area contributed by atoms with Gasteiger partial charge in [-0.2, -0.15) is 0 Å². The van der Waals surface area contributed by atoms with Crippen molar-refractivity contribution in [1.82, 2.24) is 0 Å². The van der Waals surface area contributed by atoms with Crippen LogP contribution in [0.5, 0.6) is 23.0 Å². The van der Waals surface area contributed by atoms with Gasteiger partial charge < -0.3 is 18.9 Å². The van der Waals surface area contributed by atoms with Crippen LogP contribution in [0.2, 0.25) is 0 Å². The Labute approximate surface area is 157 Å². The molecule has 0 bridgehead atoms. The zero-order valence-electron chi connectivity index (χ0n) is 16.1. The third-order valence-electron chi connectivity index (χ3n) is 4.50. The van der Waals surface area contributed by atoms with Gasteiger partial charge in [-0.1, -0.05) is 39.8 Å². The molecule has 0 aliphatic carbocycles. The van der Waals surface area contributed by atoms with Gasteiger partial charge in [0.15, 0.2) is 23.0 Å². The molecule has 142 valence electrons. The molecular weight excluding hydrogens is 328 g/mol. The van der Waals surface area contributed by atoms with E-state index in [2.05, 4.69) is 45.9 Å². The number of benzene rings is 2. The van der Waals surface area contributed by atoms with Crippen LogP contribution in [-0.4, -0.2) is 20.0 Å². The van der Waals surface area contributed by atoms with Crippen LogP contribution in [0.25, 0.3) is 0 Å². The van der Waals surface area contributed by atoms with Crippen molar-refractivity contribution in [3.05, 3.63) is 47.5 Å². The summed E-state index contributed by atoms with van der Waals surface area (Å²) >= 11 is 0. The Kier molecular flexibility index (Phi) is 5.92. The second kappa shape index (κ2) is 8.35. The van der Waals surface area contributed by atoms with Crippen molar-refractivity contribution in [2.45, 2.75) is 46.0 Å². The maximum Gasteiger partial charge on any atom is 0.231 e. The third-order valence-corrected chi connectivity index (χ3v) is 4.50. The average Bonchev–Trinajstić information content (AvgIpc) is 2.97. The van der Waals surface area contributed by atoms with Crippen LogP contribution in [0.1, 0.15) is 58.5 Å². The van der Waals surface area contributed by atoms with E-state index in [4.69, 9.17) is 18.9 Å². The second-order valence-corrected chi connectivity index (χ2v) is 7.18. The molecule has 2 aliphatic rings. The van der Waals surface area contributed by atoms with E-state index in [-0.39, 0.29) is 1.43 Å². The van der Waals surface area contributed by atoms with Crippen molar-refractivity contribution in [3.8, 4) is 23.0 Å². The first kappa shape index (κ1) is 18.4. The molecule has 2 heterocycles. The Hall–Kier alpha value is -2.36. The van der Waals surface area contributed by atoms with Crippen molar-refractivity contribution in [2.75, 3.05) is 20.0 Å². The van der Waals surface area contributed by atoms with Gasteiger partial charge in [0.2, 0.25) is 6.79 Å². The summed E-state index contributed by atoms with van der Waals surface area (Å²) in [5.41, 5.74) is 2.59. The monoisotopic (exact) mass is 358 g/mol. The molecule has 0 aromatic heterocycles. The molecule has 4 nitrogen and oxygen atoms in total. The van der Waals surface area contributed by atoms with Crippen LogP contribution in [0.3, 0.4) is 0 Å². The van der Waals surface area contributed by atoms with Crippen molar-refractivity contribution >= 4 is 0 Å². The molecule has 0 fully saturated rings. The van der Waals surface area contributed by atoms with Crippen molar-refractivity contribution in [1.29, 1.82) is 0 Å². The van der Waals surface area contributed by atoms with Gasteiger partial charge in [-0.05, 0) is 47.2 Å². The maximum absolute atomic E-state index is 5.61. The number of hydrogen-bond donors (Lipinski definition) is 0. The summed E-state index contributed by atoms with van der Waals surface area (Å²) in [6.45, 7) is 10.6. The molecule has 0 amide bonds. The molecule has 0 spiro atoms. The molecule has 26 heavy (non-hydrogen) atoms. The Balaban J connectivity index is 0.000000189. The van der Waals surface area contributed by atoms with Gasteiger partial charge in [-0.3, -0.25) is 0 Å². The molecule has 0 unspecified atom stereocenters. The Morgan fingerprint density at radius 1 is 0.654 bits per heavy atom. The maximum atomic E-state index is 5.61. The van der Waals surface area contributed by atoms with Crippen molar-refractivity contribution < 1.29 is 20.4 Å². The third kappa shape index (κ3) is 4.43. The molecule has 4 rings (SSSR count). The van der Waals surface area contributed by atoms with Gasteiger partial charge in [0, 0.05) is 7.85 Å². The molecule has 0 N–H and O–H groups in total. The van der Waals surface area contributed by atoms with E-state index in [1.54, 1.807) is 0 Å². The molecule has 2 aliphatic heterocycles. The van der Waals surface area contributed by atoms with Crippen LogP contribution in [-0.2, 0) is 0 Å². The van der Waals surface area contributed by atoms with Crippen LogP contribution < -0.4 is 18.9 Å². The summed E-state index contributed by atoms with van der Waals surface area (Å²) in [7, 11) is 0. The quantitative estimate of drug-likeness (QED) is 0.684. The number of fused-ring (bicyclic) bond motifs is 2. The highest BCUT2D eigenvalue weighted by molar-refractivity contribution is 5.45. The SMILES string of the molecule is CC(C)c1ccc2c(c1)OCCCO2.CC(C)c1ccc2c(c1)OCO2.[HH]. The molecule has 0 saturated heterocycles. The number of rotatable bonds is 2. The van der Waals surface area contributed by atoms with E-state index in [1.807, 2.05) is 18.2 Å². The van der Waals surface area contributed by atoms with Crippen LogP contribution >= 0.6 is 0 Å². The minimum absolute atomic E-state index is 0. The molecule has 4 heteroatoms. The highest BCUT2D eigenvalue weighted by atomic mass is 16.7. The van der Waals surface area contributed by atoms with E-state index < -0.39 is 0 Å². The first-order valence-electron chi connectivity index (χ1n) is 9.33. The Bertz CT molecular complexity index is 743. The molecule has 0 saturated carbocycles. The Morgan fingerprint density at radius 2 is 1.12 bits per heavy atom. The van der Waals surface area contributed by atoms with Gasteiger partial charge in [0.1, 0.15) is 0 Å². The topological polar surface area (TPSA) is 36.9 Å². The van der Waals surface area contributed by atoms with Gasteiger partial charge in [0.25, 0.3) is 0 Å². The lowest BCUT2D eigenvalue weighted by molar-refractivity contribution is 0.174. The summed E-state index contributed by atoms with van der Waals surface area (Å²) in [6.07, 6.45) is 0.964.